The zero-order valence-electron chi connectivity index (χ0n) is 12.7. The Morgan fingerprint density at radius 1 is 1.40 bits per heavy atom. The quantitative estimate of drug-likeness (QED) is 0.814. The molecule has 1 saturated heterocycles. The summed E-state index contributed by atoms with van der Waals surface area (Å²) in [5.74, 6) is -0.337. The first-order valence-electron chi connectivity index (χ1n) is 7.66. The molecular formula is C15H26N2O3. The fraction of sp³-hybridized carbons (Fsp3) is 0.867. The monoisotopic (exact) mass is 282 g/mol. The molecule has 2 amide bonds. The van der Waals surface area contributed by atoms with Crippen LogP contribution in [0.3, 0.4) is 0 Å². The topological polar surface area (TPSA) is 69.6 Å². The van der Waals surface area contributed by atoms with Gasteiger partial charge >= 0.3 is 12.0 Å². The van der Waals surface area contributed by atoms with E-state index in [1.807, 2.05) is 20.8 Å². The normalized spacial score (nSPS) is 26.6. The number of carbonyl (C=O) groups excluding carboxylic acids is 1. The number of carboxylic acid groups (broad SMARTS) is 1. The van der Waals surface area contributed by atoms with Crippen LogP contribution < -0.4 is 5.32 Å². The predicted molar refractivity (Wildman–Crippen MR) is 76.5 cm³/mol. The fourth-order valence-electron chi connectivity index (χ4n) is 3.43. The van der Waals surface area contributed by atoms with Gasteiger partial charge in [-0.15, -0.1) is 0 Å². The van der Waals surface area contributed by atoms with Crippen molar-refractivity contribution < 1.29 is 14.7 Å². The van der Waals surface area contributed by atoms with Crippen molar-refractivity contribution in [1.82, 2.24) is 10.2 Å². The van der Waals surface area contributed by atoms with Gasteiger partial charge in [0.25, 0.3) is 0 Å². The van der Waals surface area contributed by atoms with Crippen LogP contribution in [0.25, 0.3) is 0 Å². The highest BCUT2D eigenvalue weighted by molar-refractivity contribution is 5.87. The van der Waals surface area contributed by atoms with E-state index in [4.69, 9.17) is 0 Å². The summed E-state index contributed by atoms with van der Waals surface area (Å²) in [5.41, 5.74) is -1.24. The van der Waals surface area contributed by atoms with Gasteiger partial charge in [0.05, 0.1) is 0 Å². The number of hydrogen-bond donors (Lipinski definition) is 2. The summed E-state index contributed by atoms with van der Waals surface area (Å²) in [5, 5.41) is 12.7. The van der Waals surface area contributed by atoms with Crippen LogP contribution in [0, 0.1) is 5.92 Å². The SMILES string of the molecule is CCCC1(C(=O)O)CCCN1C(=O)NC(C)(C)C1CC1. The van der Waals surface area contributed by atoms with E-state index < -0.39 is 11.5 Å². The van der Waals surface area contributed by atoms with Crippen LogP contribution in [0.5, 0.6) is 0 Å². The van der Waals surface area contributed by atoms with E-state index in [0.29, 0.717) is 25.3 Å². The lowest BCUT2D eigenvalue weighted by Gasteiger charge is -2.37. The van der Waals surface area contributed by atoms with E-state index in [9.17, 15) is 14.7 Å². The van der Waals surface area contributed by atoms with Crippen molar-refractivity contribution in [2.45, 2.75) is 70.4 Å². The maximum atomic E-state index is 12.5. The van der Waals surface area contributed by atoms with Crippen molar-refractivity contribution in [3.05, 3.63) is 0 Å². The molecule has 5 nitrogen and oxygen atoms in total. The molecule has 2 aliphatic rings. The lowest BCUT2D eigenvalue weighted by atomic mass is 9.90. The van der Waals surface area contributed by atoms with Gasteiger partial charge in [-0.2, -0.15) is 0 Å². The number of carbonyl (C=O) groups is 2. The Labute approximate surface area is 120 Å². The highest BCUT2D eigenvalue weighted by Gasteiger charge is 2.50. The molecule has 2 fully saturated rings. The first-order valence-corrected chi connectivity index (χ1v) is 7.66. The molecule has 2 N–H and O–H groups in total. The molecule has 0 aromatic rings. The number of hydrogen-bond acceptors (Lipinski definition) is 2. The van der Waals surface area contributed by atoms with Crippen LogP contribution in [0.15, 0.2) is 0 Å². The molecule has 1 atom stereocenters. The molecule has 1 saturated carbocycles. The summed E-state index contributed by atoms with van der Waals surface area (Å²) >= 11 is 0. The van der Waals surface area contributed by atoms with Crippen LogP contribution in [0.4, 0.5) is 4.79 Å². The zero-order valence-corrected chi connectivity index (χ0v) is 12.7. The van der Waals surface area contributed by atoms with Crippen LogP contribution in [0.1, 0.15) is 59.3 Å². The molecule has 1 aliphatic heterocycles. The van der Waals surface area contributed by atoms with Gasteiger partial charge < -0.3 is 15.3 Å². The maximum Gasteiger partial charge on any atom is 0.329 e. The average Bonchev–Trinajstić information content (AvgIpc) is 3.11. The molecule has 1 aliphatic carbocycles. The Bertz CT molecular complexity index is 404. The van der Waals surface area contributed by atoms with E-state index in [0.717, 1.165) is 25.7 Å². The minimum atomic E-state index is -1.00. The lowest BCUT2D eigenvalue weighted by molar-refractivity contribution is -0.148. The van der Waals surface area contributed by atoms with Gasteiger partial charge in [-0.1, -0.05) is 13.3 Å². The molecular weight excluding hydrogens is 256 g/mol. The van der Waals surface area contributed by atoms with Gasteiger partial charge in [0.15, 0.2) is 0 Å². The molecule has 0 aromatic heterocycles. The summed E-state index contributed by atoms with van der Waals surface area (Å²) in [6, 6.07) is -0.213. The number of urea groups is 1. The number of amides is 2. The number of rotatable bonds is 5. The molecule has 1 unspecified atom stereocenters. The third-order valence-electron chi connectivity index (χ3n) is 4.82. The minimum Gasteiger partial charge on any atom is -0.479 e. The smallest absolute Gasteiger partial charge is 0.329 e. The minimum absolute atomic E-state index is 0.213. The maximum absolute atomic E-state index is 12.5. The second kappa shape index (κ2) is 5.26. The van der Waals surface area contributed by atoms with Crippen molar-refractivity contribution in [2.75, 3.05) is 6.54 Å². The van der Waals surface area contributed by atoms with Gasteiger partial charge in [0.1, 0.15) is 5.54 Å². The van der Waals surface area contributed by atoms with Gasteiger partial charge in [-0.05, 0) is 51.9 Å². The van der Waals surface area contributed by atoms with Crippen molar-refractivity contribution in [1.29, 1.82) is 0 Å². The Kier molecular flexibility index (Phi) is 3.98. The average molecular weight is 282 g/mol. The third kappa shape index (κ3) is 2.63. The number of aliphatic carboxylic acids is 1. The second-order valence-electron chi connectivity index (χ2n) is 6.77. The van der Waals surface area contributed by atoms with Crippen LogP contribution >= 0.6 is 0 Å². The molecule has 20 heavy (non-hydrogen) atoms. The van der Waals surface area contributed by atoms with Gasteiger partial charge in [0, 0.05) is 12.1 Å². The van der Waals surface area contributed by atoms with E-state index in [1.165, 1.54) is 0 Å². The number of nitrogens with one attached hydrogen (secondary N) is 1. The van der Waals surface area contributed by atoms with E-state index in [-0.39, 0.29) is 11.6 Å². The zero-order chi connectivity index (χ0) is 15.0. The summed E-state index contributed by atoms with van der Waals surface area (Å²) in [6.07, 6.45) is 4.91. The van der Waals surface area contributed by atoms with Crippen LogP contribution in [-0.4, -0.2) is 39.6 Å². The van der Waals surface area contributed by atoms with Crippen molar-refractivity contribution in [2.24, 2.45) is 5.92 Å². The standard InChI is InChI=1S/C15H26N2O3/c1-4-8-15(12(18)19)9-5-10-17(15)13(20)16-14(2,3)11-6-7-11/h11H,4-10H2,1-3H3,(H,16,20)(H,18,19). The van der Waals surface area contributed by atoms with Gasteiger partial charge in [-0.3, -0.25) is 0 Å². The number of carboxylic acids is 1. The van der Waals surface area contributed by atoms with Gasteiger partial charge in [0.2, 0.25) is 0 Å². The second-order valence-corrected chi connectivity index (χ2v) is 6.77. The molecule has 0 aromatic carbocycles. The first-order chi connectivity index (χ1) is 9.33. The highest BCUT2D eigenvalue weighted by Crippen LogP contribution is 2.40. The first kappa shape index (κ1) is 15.1. The Morgan fingerprint density at radius 3 is 2.55 bits per heavy atom. The van der Waals surface area contributed by atoms with E-state index in [2.05, 4.69) is 5.32 Å². The molecule has 2 rings (SSSR count). The highest BCUT2D eigenvalue weighted by atomic mass is 16.4. The van der Waals surface area contributed by atoms with Crippen molar-refractivity contribution in [3.8, 4) is 0 Å². The molecule has 1 heterocycles. The lowest BCUT2D eigenvalue weighted by Crippen LogP contribution is -2.59. The van der Waals surface area contributed by atoms with Gasteiger partial charge in [-0.25, -0.2) is 9.59 Å². The van der Waals surface area contributed by atoms with Crippen molar-refractivity contribution >= 4 is 12.0 Å². The fourth-order valence-corrected chi connectivity index (χ4v) is 3.43. The molecule has 114 valence electrons. The Balaban J connectivity index is 2.12. The summed E-state index contributed by atoms with van der Waals surface area (Å²) in [6.45, 7) is 6.56. The molecule has 0 bridgehead atoms. The Morgan fingerprint density at radius 2 is 2.05 bits per heavy atom. The van der Waals surface area contributed by atoms with E-state index >= 15 is 0 Å². The molecule has 0 spiro atoms. The largest absolute Gasteiger partial charge is 0.479 e. The summed E-state index contributed by atoms with van der Waals surface area (Å²) in [7, 11) is 0. The molecule has 5 heteroatoms. The predicted octanol–water partition coefficient (Wildman–Crippen LogP) is 2.60. The van der Waals surface area contributed by atoms with Crippen LogP contribution in [-0.2, 0) is 4.79 Å². The number of likely N-dealkylation sites (tertiary alicyclic amines) is 1. The van der Waals surface area contributed by atoms with Crippen molar-refractivity contribution in [3.63, 3.8) is 0 Å². The third-order valence-corrected chi connectivity index (χ3v) is 4.82. The van der Waals surface area contributed by atoms with E-state index in [1.54, 1.807) is 4.90 Å². The molecule has 0 radical (unpaired) electrons. The summed E-state index contributed by atoms with van der Waals surface area (Å²) in [4.78, 5) is 25.8. The Hall–Kier alpha value is -1.26. The van der Waals surface area contributed by atoms with Crippen LogP contribution in [0.2, 0.25) is 0 Å². The number of nitrogens with zero attached hydrogens (tertiary/aromatic N) is 1. The summed E-state index contributed by atoms with van der Waals surface area (Å²) < 4.78 is 0.